The van der Waals surface area contributed by atoms with Crippen LogP contribution in [0.4, 0.5) is 5.95 Å². The molecule has 0 aliphatic carbocycles. The Balaban J connectivity index is 1.75. The van der Waals surface area contributed by atoms with Crippen LogP contribution >= 0.6 is 0 Å². The third-order valence-corrected chi connectivity index (χ3v) is 6.31. The molecular formula is C19H26N4O3S. The topological polar surface area (TPSA) is 84.4 Å². The van der Waals surface area contributed by atoms with Crippen molar-refractivity contribution in [1.29, 1.82) is 0 Å². The maximum Gasteiger partial charge on any atom is 0.241 e. The molecule has 1 N–H and O–H groups in total. The number of sulfonamides is 1. The van der Waals surface area contributed by atoms with E-state index < -0.39 is 10.0 Å². The first-order valence-corrected chi connectivity index (χ1v) is 10.6. The van der Waals surface area contributed by atoms with Gasteiger partial charge in [-0.05, 0) is 62.4 Å². The van der Waals surface area contributed by atoms with E-state index in [1.807, 2.05) is 6.92 Å². The molecule has 0 atom stereocenters. The van der Waals surface area contributed by atoms with Gasteiger partial charge in [-0.15, -0.1) is 0 Å². The number of nitrogens with one attached hydrogen (secondary N) is 1. The first-order valence-electron chi connectivity index (χ1n) is 9.12. The predicted octanol–water partition coefficient (Wildman–Crippen LogP) is 2.57. The molecule has 7 nitrogen and oxygen atoms in total. The highest BCUT2D eigenvalue weighted by Gasteiger charge is 2.19. The Hall–Kier alpha value is -2.19. The van der Waals surface area contributed by atoms with Gasteiger partial charge in [-0.25, -0.2) is 23.1 Å². The van der Waals surface area contributed by atoms with Crippen LogP contribution in [0.1, 0.15) is 36.1 Å². The van der Waals surface area contributed by atoms with Gasteiger partial charge in [-0.1, -0.05) is 0 Å². The molecule has 1 fully saturated rings. The van der Waals surface area contributed by atoms with Crippen LogP contribution in [0.25, 0.3) is 0 Å². The zero-order valence-electron chi connectivity index (χ0n) is 16.0. The third-order valence-electron chi connectivity index (χ3n) is 4.76. The van der Waals surface area contributed by atoms with E-state index in [0.717, 1.165) is 31.5 Å². The monoisotopic (exact) mass is 390 g/mol. The standard InChI is InChI=1S/C19H26N4O3S/c1-14-12-18(15(2)11-17(14)26-3)27(24,25)21-13-16-7-8-20-19(22-16)23-9-5-4-6-10-23/h7-8,11-12,21H,4-6,9-10,13H2,1-3H3. The number of nitrogens with zero attached hydrogens (tertiary/aromatic N) is 3. The van der Waals surface area contributed by atoms with E-state index in [4.69, 9.17) is 4.74 Å². The average molecular weight is 391 g/mol. The number of ether oxygens (including phenoxy) is 1. The van der Waals surface area contributed by atoms with Crippen LogP contribution in [0.2, 0.25) is 0 Å². The van der Waals surface area contributed by atoms with E-state index in [9.17, 15) is 8.42 Å². The van der Waals surface area contributed by atoms with E-state index in [-0.39, 0.29) is 11.4 Å². The van der Waals surface area contributed by atoms with Crippen molar-refractivity contribution >= 4 is 16.0 Å². The Kier molecular flexibility index (Phi) is 5.96. The Morgan fingerprint density at radius 2 is 1.89 bits per heavy atom. The molecule has 0 unspecified atom stereocenters. The van der Waals surface area contributed by atoms with Gasteiger partial charge in [0.15, 0.2) is 0 Å². The molecule has 1 saturated heterocycles. The molecule has 1 aromatic heterocycles. The first-order chi connectivity index (χ1) is 12.9. The average Bonchev–Trinajstić information content (AvgIpc) is 2.68. The van der Waals surface area contributed by atoms with Crippen molar-refractivity contribution in [3.8, 4) is 5.75 Å². The fourth-order valence-electron chi connectivity index (χ4n) is 3.25. The summed E-state index contributed by atoms with van der Waals surface area (Å²) in [4.78, 5) is 11.3. The number of hydrogen-bond donors (Lipinski definition) is 1. The highest BCUT2D eigenvalue weighted by Crippen LogP contribution is 2.25. The highest BCUT2D eigenvalue weighted by molar-refractivity contribution is 7.89. The summed E-state index contributed by atoms with van der Waals surface area (Å²) < 4.78 is 33.4. The van der Waals surface area contributed by atoms with E-state index >= 15 is 0 Å². The van der Waals surface area contributed by atoms with E-state index in [2.05, 4.69) is 19.6 Å². The molecule has 146 valence electrons. The lowest BCUT2D eigenvalue weighted by Gasteiger charge is -2.26. The summed E-state index contributed by atoms with van der Waals surface area (Å²) in [6.45, 7) is 5.59. The van der Waals surface area contributed by atoms with Crippen molar-refractivity contribution < 1.29 is 13.2 Å². The molecular weight excluding hydrogens is 364 g/mol. The summed E-state index contributed by atoms with van der Waals surface area (Å²) in [7, 11) is -2.08. The van der Waals surface area contributed by atoms with Gasteiger partial charge < -0.3 is 9.64 Å². The molecule has 0 radical (unpaired) electrons. The van der Waals surface area contributed by atoms with E-state index in [1.54, 1.807) is 38.4 Å². The summed E-state index contributed by atoms with van der Waals surface area (Å²) in [5.41, 5.74) is 2.07. The van der Waals surface area contributed by atoms with Crippen molar-refractivity contribution in [2.45, 2.75) is 44.6 Å². The minimum atomic E-state index is -3.65. The fraction of sp³-hybridized carbons (Fsp3) is 0.474. The maximum atomic E-state index is 12.8. The molecule has 3 rings (SSSR count). The summed E-state index contributed by atoms with van der Waals surface area (Å²) in [5.74, 6) is 1.34. The molecule has 8 heteroatoms. The van der Waals surface area contributed by atoms with Crippen molar-refractivity contribution in [3.05, 3.63) is 41.2 Å². The smallest absolute Gasteiger partial charge is 0.241 e. The van der Waals surface area contributed by atoms with Crippen molar-refractivity contribution in [1.82, 2.24) is 14.7 Å². The first kappa shape index (κ1) is 19.6. The molecule has 2 heterocycles. The Labute approximate surface area is 160 Å². The Morgan fingerprint density at radius 3 is 2.59 bits per heavy atom. The van der Waals surface area contributed by atoms with Crippen molar-refractivity contribution in [3.63, 3.8) is 0 Å². The Bertz CT molecular complexity index is 909. The number of rotatable bonds is 6. The molecule has 27 heavy (non-hydrogen) atoms. The number of hydrogen-bond acceptors (Lipinski definition) is 6. The number of piperidine rings is 1. The summed E-state index contributed by atoms with van der Waals surface area (Å²) >= 11 is 0. The maximum absolute atomic E-state index is 12.8. The highest BCUT2D eigenvalue weighted by atomic mass is 32.2. The van der Waals surface area contributed by atoms with Gasteiger partial charge in [-0.2, -0.15) is 0 Å². The predicted molar refractivity (Wildman–Crippen MR) is 105 cm³/mol. The minimum Gasteiger partial charge on any atom is -0.496 e. The van der Waals surface area contributed by atoms with Gasteiger partial charge in [0.25, 0.3) is 0 Å². The number of anilines is 1. The molecule has 0 spiro atoms. The SMILES string of the molecule is COc1cc(C)c(S(=O)(=O)NCc2ccnc(N3CCCCC3)n2)cc1C. The lowest BCUT2D eigenvalue weighted by molar-refractivity contribution is 0.411. The number of methoxy groups -OCH3 is 1. The molecule has 2 aromatic rings. The van der Waals surface area contributed by atoms with E-state index in [1.165, 1.54) is 6.42 Å². The zero-order valence-corrected chi connectivity index (χ0v) is 16.8. The van der Waals surface area contributed by atoms with Gasteiger partial charge in [0, 0.05) is 19.3 Å². The van der Waals surface area contributed by atoms with Gasteiger partial charge in [0.05, 0.1) is 24.2 Å². The van der Waals surface area contributed by atoms with Crippen molar-refractivity contribution in [2.75, 3.05) is 25.1 Å². The third kappa shape index (κ3) is 4.56. The summed E-state index contributed by atoms with van der Waals surface area (Å²) in [5, 5.41) is 0. The van der Waals surface area contributed by atoms with Crippen molar-refractivity contribution in [2.24, 2.45) is 0 Å². The van der Waals surface area contributed by atoms with Crippen LogP contribution in [0, 0.1) is 13.8 Å². The molecule has 1 aromatic carbocycles. The molecule has 1 aliphatic rings. The van der Waals surface area contributed by atoms with Crippen LogP contribution in [-0.2, 0) is 16.6 Å². The van der Waals surface area contributed by atoms with Crippen LogP contribution in [-0.4, -0.2) is 38.6 Å². The quantitative estimate of drug-likeness (QED) is 0.816. The second-order valence-electron chi connectivity index (χ2n) is 6.81. The minimum absolute atomic E-state index is 0.121. The Morgan fingerprint density at radius 1 is 1.15 bits per heavy atom. The van der Waals surface area contributed by atoms with Crippen LogP contribution in [0.15, 0.2) is 29.3 Å². The molecule has 1 aliphatic heterocycles. The van der Waals surface area contributed by atoms with Crippen LogP contribution in [0.5, 0.6) is 5.75 Å². The van der Waals surface area contributed by atoms with Gasteiger partial charge in [-0.3, -0.25) is 0 Å². The summed E-state index contributed by atoms with van der Waals surface area (Å²) in [6, 6.07) is 5.11. The lowest BCUT2D eigenvalue weighted by Crippen LogP contribution is -2.31. The second kappa shape index (κ2) is 8.22. The molecule has 0 bridgehead atoms. The molecule has 0 saturated carbocycles. The number of aryl methyl sites for hydroxylation is 2. The number of benzene rings is 1. The number of aromatic nitrogens is 2. The van der Waals surface area contributed by atoms with Gasteiger partial charge in [0.1, 0.15) is 5.75 Å². The summed E-state index contributed by atoms with van der Waals surface area (Å²) in [6.07, 6.45) is 5.19. The second-order valence-corrected chi connectivity index (χ2v) is 8.54. The largest absolute Gasteiger partial charge is 0.496 e. The van der Waals surface area contributed by atoms with Crippen LogP contribution in [0.3, 0.4) is 0 Å². The van der Waals surface area contributed by atoms with Crippen LogP contribution < -0.4 is 14.4 Å². The zero-order chi connectivity index (χ0) is 19.4. The van der Waals surface area contributed by atoms with Gasteiger partial charge in [0.2, 0.25) is 16.0 Å². The van der Waals surface area contributed by atoms with Gasteiger partial charge >= 0.3 is 0 Å². The lowest BCUT2D eigenvalue weighted by atomic mass is 10.1. The normalized spacial score (nSPS) is 15.0. The van der Waals surface area contributed by atoms with E-state index in [0.29, 0.717) is 23.0 Å². The molecule has 0 amide bonds. The fourth-order valence-corrected chi connectivity index (χ4v) is 4.56.